The molecule has 0 aliphatic carbocycles. The fourth-order valence-corrected chi connectivity index (χ4v) is 3.31. The molecule has 4 aromatic rings. The molecule has 0 unspecified atom stereocenters. The van der Waals surface area contributed by atoms with Crippen LogP contribution in [0, 0.1) is 11.3 Å². The van der Waals surface area contributed by atoms with Crippen LogP contribution in [0.25, 0.3) is 27.9 Å². The Bertz CT molecular complexity index is 1280. The van der Waals surface area contributed by atoms with E-state index in [1.165, 1.54) is 4.57 Å². The summed E-state index contributed by atoms with van der Waals surface area (Å²) in [6.45, 7) is 0. The van der Waals surface area contributed by atoms with E-state index >= 15 is 0 Å². The average molecular weight is 387 g/mol. The van der Waals surface area contributed by atoms with Crippen LogP contribution in [-0.4, -0.2) is 14.3 Å². The quantitative estimate of drug-likeness (QED) is 0.523. The van der Waals surface area contributed by atoms with E-state index in [0.717, 1.165) is 22.3 Å². The van der Waals surface area contributed by atoms with E-state index < -0.39 is 0 Å². The smallest absolute Gasteiger partial charge is 0.250 e. The Kier molecular flexibility index (Phi) is 4.56. The van der Waals surface area contributed by atoms with E-state index in [4.69, 9.17) is 11.6 Å². The first kappa shape index (κ1) is 17.8. The van der Waals surface area contributed by atoms with E-state index in [-0.39, 0.29) is 5.56 Å². The van der Waals surface area contributed by atoms with Gasteiger partial charge in [-0.05, 0) is 35.4 Å². The summed E-state index contributed by atoms with van der Waals surface area (Å²) >= 11 is 6.15. The van der Waals surface area contributed by atoms with E-state index in [1.54, 1.807) is 42.3 Å². The molecule has 0 atom stereocenters. The molecule has 0 aliphatic rings. The topological polar surface area (TPSA) is 63.6 Å². The summed E-state index contributed by atoms with van der Waals surface area (Å²) in [6.07, 6.45) is 5.36. The maximum atomic E-state index is 12.3. The van der Waals surface area contributed by atoms with Crippen molar-refractivity contribution in [2.45, 2.75) is 0 Å². The Hall–Kier alpha value is -3.62. The number of aromatic nitrogens is 3. The van der Waals surface area contributed by atoms with Crippen LogP contribution < -0.4 is 5.56 Å². The third kappa shape index (κ3) is 3.22. The number of pyridine rings is 1. The van der Waals surface area contributed by atoms with Gasteiger partial charge in [0.05, 0.1) is 17.4 Å². The van der Waals surface area contributed by atoms with Crippen molar-refractivity contribution in [2.24, 2.45) is 7.05 Å². The second-order valence-corrected chi connectivity index (χ2v) is 6.80. The number of nitrogens with zero attached hydrogens (tertiary/aromatic N) is 4. The molecule has 136 valence electrons. The minimum atomic E-state index is -0.110. The molecule has 2 aromatic heterocycles. The summed E-state index contributed by atoms with van der Waals surface area (Å²) in [7, 11) is 1.71. The molecule has 0 amide bonds. The monoisotopic (exact) mass is 386 g/mol. The Morgan fingerprint density at radius 2 is 1.82 bits per heavy atom. The van der Waals surface area contributed by atoms with Crippen LogP contribution in [0.5, 0.6) is 0 Å². The van der Waals surface area contributed by atoms with Gasteiger partial charge in [0, 0.05) is 41.7 Å². The number of rotatable bonds is 3. The van der Waals surface area contributed by atoms with Gasteiger partial charge in [-0.15, -0.1) is 0 Å². The number of hydrogen-bond acceptors (Lipinski definition) is 3. The van der Waals surface area contributed by atoms with E-state index in [2.05, 4.69) is 11.2 Å². The van der Waals surface area contributed by atoms with Crippen LogP contribution >= 0.6 is 11.6 Å². The fraction of sp³-hybridized carbons (Fsp3) is 0.0455. The Morgan fingerprint density at radius 1 is 1.00 bits per heavy atom. The van der Waals surface area contributed by atoms with Gasteiger partial charge in [0.15, 0.2) is 0 Å². The van der Waals surface area contributed by atoms with Crippen LogP contribution in [-0.2, 0) is 7.05 Å². The lowest BCUT2D eigenvalue weighted by molar-refractivity contribution is 0.863. The maximum absolute atomic E-state index is 12.3. The number of hydrogen-bond donors (Lipinski definition) is 0. The van der Waals surface area contributed by atoms with Crippen LogP contribution in [0.2, 0.25) is 5.02 Å². The van der Waals surface area contributed by atoms with E-state index in [9.17, 15) is 10.1 Å². The number of benzene rings is 2. The van der Waals surface area contributed by atoms with Gasteiger partial charge in [-0.2, -0.15) is 10.4 Å². The van der Waals surface area contributed by atoms with Crippen molar-refractivity contribution in [3.63, 3.8) is 0 Å². The molecular weight excluding hydrogens is 372 g/mol. The zero-order chi connectivity index (χ0) is 19.7. The summed E-state index contributed by atoms with van der Waals surface area (Å²) < 4.78 is 3.20. The Morgan fingerprint density at radius 3 is 2.61 bits per heavy atom. The van der Waals surface area contributed by atoms with Crippen molar-refractivity contribution in [1.82, 2.24) is 14.3 Å². The highest BCUT2D eigenvalue weighted by molar-refractivity contribution is 6.30. The van der Waals surface area contributed by atoms with Crippen LogP contribution in [0.15, 0.2) is 78.0 Å². The van der Waals surface area contributed by atoms with Crippen molar-refractivity contribution in [3.05, 3.63) is 94.1 Å². The molecule has 0 radical (unpaired) electrons. The third-order valence-corrected chi connectivity index (χ3v) is 4.76. The molecule has 28 heavy (non-hydrogen) atoms. The summed E-state index contributed by atoms with van der Waals surface area (Å²) in [4.78, 5) is 12.3. The zero-order valence-corrected chi connectivity index (χ0v) is 15.8. The highest BCUT2D eigenvalue weighted by Gasteiger charge is 2.14. The molecule has 2 aromatic carbocycles. The molecule has 0 N–H and O–H groups in total. The van der Waals surface area contributed by atoms with Gasteiger partial charge in [0.1, 0.15) is 6.07 Å². The van der Waals surface area contributed by atoms with Gasteiger partial charge in [-0.25, -0.2) is 4.68 Å². The van der Waals surface area contributed by atoms with E-state index in [1.807, 2.05) is 42.6 Å². The van der Waals surface area contributed by atoms with Crippen molar-refractivity contribution in [1.29, 1.82) is 5.26 Å². The van der Waals surface area contributed by atoms with E-state index in [0.29, 0.717) is 16.3 Å². The molecule has 5 nitrogen and oxygen atoms in total. The summed E-state index contributed by atoms with van der Waals surface area (Å²) in [6, 6.07) is 18.4. The molecule has 4 rings (SSSR count). The van der Waals surface area contributed by atoms with Gasteiger partial charge in [-0.3, -0.25) is 4.79 Å². The minimum absolute atomic E-state index is 0.110. The fourth-order valence-electron chi connectivity index (χ4n) is 3.12. The second-order valence-electron chi connectivity index (χ2n) is 6.36. The largest absolute Gasteiger partial charge is 0.318 e. The number of aryl methyl sites for hydroxylation is 1. The maximum Gasteiger partial charge on any atom is 0.250 e. The lowest BCUT2D eigenvalue weighted by Crippen LogP contribution is -2.15. The van der Waals surface area contributed by atoms with Crippen LogP contribution in [0.3, 0.4) is 0 Å². The highest BCUT2D eigenvalue weighted by Crippen LogP contribution is 2.32. The van der Waals surface area contributed by atoms with Crippen LogP contribution in [0.4, 0.5) is 0 Å². The summed E-state index contributed by atoms with van der Waals surface area (Å²) in [5.74, 6) is 0. The average Bonchev–Trinajstić information content (AvgIpc) is 3.19. The van der Waals surface area contributed by atoms with Crippen molar-refractivity contribution < 1.29 is 0 Å². The SMILES string of the molecule is Cn1cc(-c2cnn(-c3ccccc3C#N)c2)c(-c2cccc(Cl)c2)cc1=O. The predicted molar refractivity (Wildman–Crippen MR) is 109 cm³/mol. The van der Waals surface area contributed by atoms with Crippen molar-refractivity contribution in [2.75, 3.05) is 0 Å². The molecular formula is C22H15ClN4O. The van der Waals surface area contributed by atoms with Crippen LogP contribution in [0.1, 0.15) is 5.56 Å². The molecule has 0 bridgehead atoms. The lowest BCUT2D eigenvalue weighted by Gasteiger charge is -2.10. The van der Waals surface area contributed by atoms with Gasteiger partial charge in [-0.1, -0.05) is 35.9 Å². The minimum Gasteiger partial charge on any atom is -0.318 e. The lowest BCUT2D eigenvalue weighted by atomic mass is 9.98. The molecule has 2 heterocycles. The standard InChI is InChI=1S/C22H15ClN4O/c1-26-14-20(19(10-22(26)28)15-6-4-7-18(23)9-15)17-12-25-27(13-17)21-8-3-2-5-16(21)11-24/h2-10,12-14H,1H3. The molecule has 0 saturated carbocycles. The first-order valence-electron chi connectivity index (χ1n) is 8.58. The Labute approximate surface area is 166 Å². The molecule has 0 aliphatic heterocycles. The Balaban J connectivity index is 1.89. The summed E-state index contributed by atoms with van der Waals surface area (Å²) in [5.41, 5.74) is 4.44. The molecule has 6 heteroatoms. The number of halogens is 1. The molecule has 0 spiro atoms. The first-order chi connectivity index (χ1) is 13.6. The number of nitriles is 1. The second kappa shape index (κ2) is 7.18. The highest BCUT2D eigenvalue weighted by atomic mass is 35.5. The predicted octanol–water partition coefficient (Wildman–Crippen LogP) is 4.43. The number of para-hydroxylation sites is 1. The molecule has 0 fully saturated rings. The van der Waals surface area contributed by atoms with Crippen molar-refractivity contribution in [3.8, 4) is 34.0 Å². The zero-order valence-electron chi connectivity index (χ0n) is 15.0. The molecule has 0 saturated heterocycles. The first-order valence-corrected chi connectivity index (χ1v) is 8.96. The normalized spacial score (nSPS) is 10.6. The van der Waals surface area contributed by atoms with Crippen molar-refractivity contribution >= 4 is 11.6 Å². The van der Waals surface area contributed by atoms with Gasteiger partial charge in [0.25, 0.3) is 5.56 Å². The summed E-state index contributed by atoms with van der Waals surface area (Å²) in [5, 5.41) is 14.4. The van der Waals surface area contributed by atoms with Gasteiger partial charge >= 0.3 is 0 Å². The van der Waals surface area contributed by atoms with Gasteiger partial charge < -0.3 is 4.57 Å². The third-order valence-electron chi connectivity index (χ3n) is 4.53. The van der Waals surface area contributed by atoms with Gasteiger partial charge in [0.2, 0.25) is 0 Å².